The van der Waals surface area contributed by atoms with Gasteiger partial charge in [0.05, 0.1) is 18.0 Å². The van der Waals surface area contributed by atoms with Crippen molar-refractivity contribution >= 4 is 0 Å². The van der Waals surface area contributed by atoms with Gasteiger partial charge in [-0.2, -0.15) is 15.5 Å². The lowest BCUT2D eigenvalue weighted by Crippen LogP contribution is -2.43. The molecule has 0 bridgehead atoms. The van der Waals surface area contributed by atoms with E-state index < -0.39 is 5.54 Å². The smallest absolute Gasteiger partial charge is 0.137 e. The Labute approximate surface area is 137 Å². The molecule has 5 heteroatoms. The summed E-state index contributed by atoms with van der Waals surface area (Å²) in [7, 11) is 0. The maximum absolute atomic E-state index is 9.38. The van der Waals surface area contributed by atoms with Gasteiger partial charge in [-0.25, -0.2) is 0 Å². The molecule has 2 N–H and O–H groups in total. The Morgan fingerprint density at radius 2 is 2.04 bits per heavy atom. The standard InChI is InChI=1S/C18H22N4O/c1-13(2)9-18(3,20)12-23-17-5-4-14(8-16(17)10-19)15-6-7-21-22-11-15/h4-8,11,13H,9,12,20H2,1-3H3. The average Bonchev–Trinajstić information content (AvgIpc) is 2.52. The van der Waals surface area contributed by atoms with Crippen molar-refractivity contribution in [3.05, 3.63) is 42.2 Å². The van der Waals surface area contributed by atoms with Crippen LogP contribution in [0.15, 0.2) is 36.7 Å². The number of hydrogen-bond donors (Lipinski definition) is 1. The van der Waals surface area contributed by atoms with Crippen molar-refractivity contribution in [1.29, 1.82) is 5.26 Å². The third-order valence-corrected chi connectivity index (χ3v) is 3.45. The molecule has 0 saturated heterocycles. The first-order valence-corrected chi connectivity index (χ1v) is 7.64. The number of nitrogens with zero attached hydrogens (tertiary/aromatic N) is 3. The van der Waals surface area contributed by atoms with Crippen molar-refractivity contribution in [2.75, 3.05) is 6.61 Å². The van der Waals surface area contributed by atoms with Crippen molar-refractivity contribution in [2.45, 2.75) is 32.7 Å². The monoisotopic (exact) mass is 310 g/mol. The van der Waals surface area contributed by atoms with Crippen LogP contribution in [0.25, 0.3) is 11.1 Å². The summed E-state index contributed by atoms with van der Waals surface area (Å²) in [5.74, 6) is 1.05. The highest BCUT2D eigenvalue weighted by Gasteiger charge is 2.21. The number of aromatic nitrogens is 2. The number of rotatable bonds is 6. The van der Waals surface area contributed by atoms with Crippen LogP contribution < -0.4 is 10.5 Å². The lowest BCUT2D eigenvalue weighted by molar-refractivity contribution is 0.206. The molecule has 0 saturated carbocycles. The normalized spacial score (nSPS) is 13.4. The molecule has 0 aliphatic heterocycles. The molecule has 0 fully saturated rings. The Bertz CT molecular complexity index is 690. The zero-order valence-electron chi connectivity index (χ0n) is 13.8. The van der Waals surface area contributed by atoms with Crippen LogP contribution in [0, 0.1) is 17.2 Å². The lowest BCUT2D eigenvalue weighted by Gasteiger charge is -2.26. The fourth-order valence-electron chi connectivity index (χ4n) is 2.62. The highest BCUT2D eigenvalue weighted by Crippen LogP contribution is 2.26. The zero-order chi connectivity index (χ0) is 16.9. The van der Waals surface area contributed by atoms with E-state index in [2.05, 4.69) is 30.1 Å². The summed E-state index contributed by atoms with van der Waals surface area (Å²) in [6, 6.07) is 9.54. The van der Waals surface area contributed by atoms with Gasteiger partial charge in [0.1, 0.15) is 18.4 Å². The van der Waals surface area contributed by atoms with Gasteiger partial charge >= 0.3 is 0 Å². The maximum atomic E-state index is 9.38. The van der Waals surface area contributed by atoms with Gasteiger partial charge in [0.25, 0.3) is 0 Å². The van der Waals surface area contributed by atoms with Crippen LogP contribution in [0.2, 0.25) is 0 Å². The third kappa shape index (κ3) is 4.76. The van der Waals surface area contributed by atoms with Crippen molar-refractivity contribution in [2.24, 2.45) is 11.7 Å². The van der Waals surface area contributed by atoms with E-state index in [1.807, 2.05) is 19.1 Å². The summed E-state index contributed by atoms with van der Waals surface area (Å²) in [5.41, 5.74) is 8.13. The van der Waals surface area contributed by atoms with Crippen molar-refractivity contribution in [1.82, 2.24) is 10.2 Å². The molecular weight excluding hydrogens is 288 g/mol. The number of benzene rings is 1. The molecule has 120 valence electrons. The van der Waals surface area contributed by atoms with Crippen LogP contribution in [-0.2, 0) is 0 Å². The first-order chi connectivity index (χ1) is 10.9. The van der Waals surface area contributed by atoms with E-state index in [1.54, 1.807) is 24.5 Å². The fraction of sp³-hybridized carbons (Fsp3) is 0.389. The van der Waals surface area contributed by atoms with E-state index in [0.29, 0.717) is 23.8 Å². The Balaban J connectivity index is 2.16. The molecule has 0 amide bonds. The second kappa shape index (κ2) is 7.21. The SMILES string of the molecule is CC(C)CC(C)(N)COc1ccc(-c2ccnnc2)cc1C#N. The van der Waals surface area contributed by atoms with E-state index >= 15 is 0 Å². The van der Waals surface area contributed by atoms with Gasteiger partial charge < -0.3 is 10.5 Å². The lowest BCUT2D eigenvalue weighted by atomic mass is 9.93. The second-order valence-electron chi connectivity index (χ2n) is 6.49. The Kier molecular flexibility index (Phi) is 5.30. The van der Waals surface area contributed by atoms with E-state index in [0.717, 1.165) is 17.5 Å². The molecular formula is C18H22N4O. The first kappa shape index (κ1) is 16.9. The molecule has 0 spiro atoms. The highest BCUT2D eigenvalue weighted by atomic mass is 16.5. The molecule has 23 heavy (non-hydrogen) atoms. The first-order valence-electron chi connectivity index (χ1n) is 7.64. The van der Waals surface area contributed by atoms with E-state index in [4.69, 9.17) is 10.5 Å². The third-order valence-electron chi connectivity index (χ3n) is 3.45. The van der Waals surface area contributed by atoms with Crippen LogP contribution in [0.4, 0.5) is 0 Å². The minimum atomic E-state index is -0.422. The Morgan fingerprint density at radius 1 is 1.26 bits per heavy atom. The van der Waals surface area contributed by atoms with Crippen LogP contribution in [0.1, 0.15) is 32.8 Å². The molecule has 2 rings (SSSR count). The quantitative estimate of drug-likeness (QED) is 0.886. The Hall–Kier alpha value is -2.45. The predicted molar refractivity (Wildman–Crippen MR) is 89.7 cm³/mol. The fourth-order valence-corrected chi connectivity index (χ4v) is 2.62. The molecule has 0 aliphatic rings. The Morgan fingerprint density at radius 3 is 2.65 bits per heavy atom. The molecule has 0 radical (unpaired) electrons. The summed E-state index contributed by atoms with van der Waals surface area (Å²) < 4.78 is 5.81. The van der Waals surface area contributed by atoms with Crippen LogP contribution in [0.5, 0.6) is 5.75 Å². The van der Waals surface area contributed by atoms with Crippen molar-refractivity contribution < 1.29 is 4.74 Å². The van der Waals surface area contributed by atoms with Crippen LogP contribution in [-0.4, -0.2) is 22.3 Å². The van der Waals surface area contributed by atoms with E-state index in [9.17, 15) is 5.26 Å². The molecule has 1 atom stereocenters. The number of hydrogen-bond acceptors (Lipinski definition) is 5. The van der Waals surface area contributed by atoms with Gasteiger partial charge in [0.2, 0.25) is 0 Å². The molecule has 2 aromatic rings. The molecule has 5 nitrogen and oxygen atoms in total. The van der Waals surface area contributed by atoms with Crippen LogP contribution in [0.3, 0.4) is 0 Å². The average molecular weight is 310 g/mol. The largest absolute Gasteiger partial charge is 0.490 e. The van der Waals surface area contributed by atoms with E-state index in [1.165, 1.54) is 0 Å². The minimum Gasteiger partial charge on any atom is -0.490 e. The molecule has 1 aromatic carbocycles. The molecule has 1 heterocycles. The number of nitrogens with two attached hydrogens (primary N) is 1. The van der Waals surface area contributed by atoms with E-state index in [-0.39, 0.29) is 0 Å². The number of ether oxygens (including phenoxy) is 1. The summed E-state index contributed by atoms with van der Waals surface area (Å²) in [6.07, 6.45) is 4.14. The van der Waals surface area contributed by atoms with Crippen molar-refractivity contribution in [3.63, 3.8) is 0 Å². The zero-order valence-corrected chi connectivity index (χ0v) is 13.8. The minimum absolute atomic E-state index is 0.371. The van der Waals surface area contributed by atoms with Gasteiger partial charge in [-0.1, -0.05) is 19.9 Å². The molecule has 0 aliphatic carbocycles. The molecule has 1 aromatic heterocycles. The molecule has 1 unspecified atom stereocenters. The summed E-state index contributed by atoms with van der Waals surface area (Å²) in [4.78, 5) is 0. The summed E-state index contributed by atoms with van der Waals surface area (Å²) in [6.45, 7) is 6.60. The number of nitriles is 1. The van der Waals surface area contributed by atoms with Gasteiger partial charge in [0, 0.05) is 11.1 Å². The summed E-state index contributed by atoms with van der Waals surface area (Å²) >= 11 is 0. The summed E-state index contributed by atoms with van der Waals surface area (Å²) in [5, 5.41) is 17.0. The highest BCUT2D eigenvalue weighted by molar-refractivity contribution is 5.66. The van der Waals surface area contributed by atoms with Gasteiger partial charge in [-0.05, 0) is 43.0 Å². The maximum Gasteiger partial charge on any atom is 0.137 e. The predicted octanol–water partition coefficient (Wildman–Crippen LogP) is 3.16. The topological polar surface area (TPSA) is 84.8 Å². The van der Waals surface area contributed by atoms with Crippen LogP contribution >= 0.6 is 0 Å². The van der Waals surface area contributed by atoms with Crippen molar-refractivity contribution in [3.8, 4) is 22.9 Å². The van der Waals surface area contributed by atoms with Gasteiger partial charge in [-0.3, -0.25) is 0 Å². The second-order valence-corrected chi connectivity index (χ2v) is 6.49. The van der Waals surface area contributed by atoms with Gasteiger partial charge in [0.15, 0.2) is 0 Å². The van der Waals surface area contributed by atoms with Gasteiger partial charge in [-0.15, -0.1) is 0 Å².